The molecule has 0 N–H and O–H groups in total. The van der Waals surface area contributed by atoms with Crippen LogP contribution in [0.4, 0.5) is 0 Å². The van der Waals surface area contributed by atoms with E-state index in [2.05, 4.69) is 64.6 Å². The summed E-state index contributed by atoms with van der Waals surface area (Å²) in [7, 11) is 0. The van der Waals surface area contributed by atoms with Gasteiger partial charge in [0.25, 0.3) is 0 Å². The first-order valence-corrected chi connectivity index (χ1v) is 6.79. The molecule has 20 heavy (non-hydrogen) atoms. The molecule has 3 nitrogen and oxygen atoms in total. The molecule has 0 fully saturated rings. The van der Waals surface area contributed by atoms with E-state index in [1.807, 2.05) is 24.4 Å². The van der Waals surface area contributed by atoms with Crippen LogP contribution in [0.15, 0.2) is 61.1 Å². The minimum atomic E-state index is 0.799. The van der Waals surface area contributed by atoms with Gasteiger partial charge in [-0.15, -0.1) is 0 Å². The number of aromatic nitrogens is 3. The van der Waals surface area contributed by atoms with Crippen LogP contribution in [-0.4, -0.2) is 9.55 Å². The third kappa shape index (κ3) is 2.35. The van der Waals surface area contributed by atoms with Gasteiger partial charge >= 0.3 is 0 Å². The zero-order chi connectivity index (χ0) is 13.9. The highest BCUT2D eigenvalue weighted by Crippen LogP contribution is 2.12. The molecule has 0 atom stereocenters. The van der Waals surface area contributed by atoms with E-state index in [9.17, 15) is 0 Å². The number of benzene rings is 1. The molecule has 3 rings (SSSR count). The number of nitrogens with zero attached hydrogens (tertiary/aromatic N) is 3. The van der Waals surface area contributed by atoms with Crippen LogP contribution < -0.4 is 4.57 Å². The number of imidazole rings is 1. The summed E-state index contributed by atoms with van der Waals surface area (Å²) in [5, 5.41) is 0. The van der Waals surface area contributed by atoms with Gasteiger partial charge in [0.1, 0.15) is 23.6 Å². The van der Waals surface area contributed by atoms with Gasteiger partial charge in [0, 0.05) is 20.0 Å². The van der Waals surface area contributed by atoms with Gasteiger partial charge in [0.05, 0.1) is 5.69 Å². The van der Waals surface area contributed by atoms with Crippen LogP contribution in [-0.2, 0) is 6.54 Å². The first kappa shape index (κ1) is 12.6. The number of rotatable bonds is 3. The van der Waals surface area contributed by atoms with E-state index < -0.39 is 0 Å². The summed E-state index contributed by atoms with van der Waals surface area (Å²) in [6, 6.07) is 16.4. The predicted molar refractivity (Wildman–Crippen MR) is 78.8 cm³/mol. The Bertz CT molecular complexity index is 700. The molecule has 2 aromatic heterocycles. The molecule has 0 aliphatic rings. The zero-order valence-electron chi connectivity index (χ0n) is 11.8. The van der Waals surface area contributed by atoms with Gasteiger partial charge in [-0.2, -0.15) is 4.57 Å². The van der Waals surface area contributed by atoms with Crippen LogP contribution >= 0.6 is 0 Å². The van der Waals surface area contributed by atoms with Crippen LogP contribution in [0.1, 0.15) is 17.1 Å². The summed E-state index contributed by atoms with van der Waals surface area (Å²) < 4.78 is 4.46. The van der Waals surface area contributed by atoms with E-state index in [0.717, 1.165) is 12.2 Å². The SMILES string of the molecule is Cc1c(C)[n+](Cc2ccccn2)cn1-c1ccccc1. The summed E-state index contributed by atoms with van der Waals surface area (Å²) in [4.78, 5) is 4.40. The van der Waals surface area contributed by atoms with Crippen molar-refractivity contribution in [3.05, 3.63) is 78.1 Å². The maximum Gasteiger partial charge on any atom is 0.249 e. The maximum absolute atomic E-state index is 4.40. The number of hydrogen-bond acceptors (Lipinski definition) is 1. The number of hydrogen-bond donors (Lipinski definition) is 0. The second-order valence-electron chi connectivity index (χ2n) is 4.94. The largest absolute Gasteiger partial charge is 0.257 e. The monoisotopic (exact) mass is 264 g/mol. The first-order chi connectivity index (χ1) is 9.75. The fourth-order valence-electron chi connectivity index (χ4n) is 2.37. The van der Waals surface area contributed by atoms with E-state index in [4.69, 9.17) is 0 Å². The highest BCUT2D eigenvalue weighted by molar-refractivity contribution is 5.33. The lowest BCUT2D eigenvalue weighted by Gasteiger charge is -1.97. The zero-order valence-corrected chi connectivity index (χ0v) is 11.8. The van der Waals surface area contributed by atoms with E-state index >= 15 is 0 Å². The van der Waals surface area contributed by atoms with Crippen LogP contribution in [0.5, 0.6) is 0 Å². The Kier molecular flexibility index (Phi) is 3.33. The van der Waals surface area contributed by atoms with Crippen molar-refractivity contribution in [3.8, 4) is 5.69 Å². The smallest absolute Gasteiger partial charge is 0.249 e. The molecule has 2 heterocycles. The van der Waals surface area contributed by atoms with Crippen LogP contribution in [0.3, 0.4) is 0 Å². The van der Waals surface area contributed by atoms with Gasteiger partial charge < -0.3 is 0 Å². The average molecular weight is 264 g/mol. The fourth-order valence-corrected chi connectivity index (χ4v) is 2.37. The van der Waals surface area contributed by atoms with Crippen LogP contribution in [0.2, 0.25) is 0 Å². The van der Waals surface area contributed by atoms with Gasteiger partial charge in [0.2, 0.25) is 6.33 Å². The van der Waals surface area contributed by atoms with Crippen molar-refractivity contribution < 1.29 is 4.57 Å². The van der Waals surface area contributed by atoms with Crippen molar-refractivity contribution in [2.24, 2.45) is 0 Å². The summed E-state index contributed by atoms with van der Waals surface area (Å²) in [6.07, 6.45) is 3.99. The average Bonchev–Trinajstić information content (AvgIpc) is 2.78. The minimum absolute atomic E-state index is 0.799. The van der Waals surface area contributed by atoms with E-state index in [1.165, 1.54) is 17.1 Å². The normalized spacial score (nSPS) is 10.7. The Hall–Kier alpha value is -2.42. The molecular weight excluding hydrogens is 246 g/mol. The second kappa shape index (κ2) is 5.29. The second-order valence-corrected chi connectivity index (χ2v) is 4.94. The topological polar surface area (TPSA) is 21.7 Å². The van der Waals surface area contributed by atoms with Crippen molar-refractivity contribution in [2.75, 3.05) is 0 Å². The predicted octanol–water partition coefficient (Wildman–Crippen LogP) is 2.82. The van der Waals surface area contributed by atoms with Crippen molar-refractivity contribution >= 4 is 0 Å². The molecule has 0 bridgehead atoms. The molecule has 3 heteroatoms. The van der Waals surface area contributed by atoms with Gasteiger partial charge in [0.15, 0.2) is 0 Å². The Balaban J connectivity index is 1.98. The molecule has 0 saturated carbocycles. The molecule has 0 amide bonds. The fraction of sp³-hybridized carbons (Fsp3) is 0.176. The Morgan fingerprint density at radius 3 is 2.45 bits per heavy atom. The molecule has 0 unspecified atom stereocenters. The van der Waals surface area contributed by atoms with Crippen molar-refractivity contribution in [2.45, 2.75) is 20.4 Å². The summed E-state index contributed by atoms with van der Waals surface area (Å²) in [5.41, 5.74) is 4.78. The molecule has 0 spiro atoms. The summed E-state index contributed by atoms with van der Waals surface area (Å²) >= 11 is 0. The van der Waals surface area contributed by atoms with E-state index in [1.54, 1.807) is 0 Å². The Labute approximate surface area is 119 Å². The first-order valence-electron chi connectivity index (χ1n) is 6.79. The van der Waals surface area contributed by atoms with Gasteiger partial charge in [-0.05, 0) is 24.3 Å². The minimum Gasteiger partial charge on any atom is -0.257 e. The molecule has 0 aliphatic heterocycles. The molecule has 3 aromatic rings. The molecule has 1 aromatic carbocycles. The Morgan fingerprint density at radius 2 is 1.75 bits per heavy atom. The third-order valence-electron chi connectivity index (χ3n) is 3.66. The molecule has 0 aliphatic carbocycles. The molecule has 0 saturated heterocycles. The quantitative estimate of drug-likeness (QED) is 0.667. The Morgan fingerprint density at radius 1 is 1.00 bits per heavy atom. The third-order valence-corrected chi connectivity index (χ3v) is 3.66. The number of para-hydroxylation sites is 1. The lowest BCUT2D eigenvalue weighted by molar-refractivity contribution is -0.694. The molecular formula is C17H18N3+. The molecule has 100 valence electrons. The summed E-state index contributed by atoms with van der Waals surface area (Å²) in [6.45, 7) is 5.10. The van der Waals surface area contributed by atoms with Crippen molar-refractivity contribution in [1.29, 1.82) is 0 Å². The van der Waals surface area contributed by atoms with Gasteiger partial charge in [-0.25, -0.2) is 4.57 Å². The molecule has 0 radical (unpaired) electrons. The van der Waals surface area contributed by atoms with E-state index in [0.29, 0.717) is 0 Å². The van der Waals surface area contributed by atoms with Crippen LogP contribution in [0.25, 0.3) is 5.69 Å². The lowest BCUT2D eigenvalue weighted by atomic mass is 10.3. The highest BCUT2D eigenvalue weighted by Gasteiger charge is 2.17. The standard InChI is InChI=1S/C17H18N3/c1-14-15(2)20(17-9-4-3-5-10-17)13-19(14)12-16-8-6-7-11-18-16/h3-11,13H,12H2,1-2H3/q+1. The maximum atomic E-state index is 4.40. The van der Waals surface area contributed by atoms with Crippen molar-refractivity contribution in [3.63, 3.8) is 0 Å². The van der Waals surface area contributed by atoms with E-state index in [-0.39, 0.29) is 0 Å². The van der Waals surface area contributed by atoms with Gasteiger partial charge in [-0.1, -0.05) is 24.3 Å². The number of pyridine rings is 1. The van der Waals surface area contributed by atoms with Crippen molar-refractivity contribution in [1.82, 2.24) is 9.55 Å². The van der Waals surface area contributed by atoms with Crippen LogP contribution in [0, 0.1) is 13.8 Å². The van der Waals surface area contributed by atoms with Gasteiger partial charge in [-0.3, -0.25) is 4.98 Å². The summed E-state index contributed by atoms with van der Waals surface area (Å²) in [5.74, 6) is 0. The lowest BCUT2D eigenvalue weighted by Crippen LogP contribution is -2.35. The highest BCUT2D eigenvalue weighted by atomic mass is 15.1.